The highest BCUT2D eigenvalue weighted by Crippen LogP contribution is 2.24. The van der Waals surface area contributed by atoms with Crippen LogP contribution in [0.4, 0.5) is 11.4 Å². The predicted molar refractivity (Wildman–Crippen MR) is 83.0 cm³/mol. The lowest BCUT2D eigenvalue weighted by Gasteiger charge is -2.08. The van der Waals surface area contributed by atoms with Gasteiger partial charge in [-0.2, -0.15) is 0 Å². The van der Waals surface area contributed by atoms with Crippen molar-refractivity contribution in [3.05, 3.63) is 63.2 Å². The van der Waals surface area contributed by atoms with Gasteiger partial charge in [-0.3, -0.25) is 10.1 Å². The maximum atomic E-state index is 11.0. The molecular weight excluding hydrogens is 292 g/mol. The predicted octanol–water partition coefficient (Wildman–Crippen LogP) is 4.26. The lowest BCUT2D eigenvalue weighted by Crippen LogP contribution is -2.03. The molecule has 0 heterocycles. The van der Waals surface area contributed by atoms with E-state index in [4.69, 9.17) is 16.3 Å². The molecule has 5 nitrogen and oxygen atoms in total. The highest BCUT2D eigenvalue weighted by atomic mass is 35.5. The van der Waals surface area contributed by atoms with Gasteiger partial charge in [0.25, 0.3) is 5.69 Å². The standard InChI is InChI=1S/C15H15ClN2O3/c1-2-21-14-7-5-13(6-8-14)17-10-11-3-4-12(16)9-15(11)18(19)20/h3-9,17H,2,10H2,1H3. The van der Waals surface area contributed by atoms with Gasteiger partial charge in [-0.05, 0) is 43.3 Å². The van der Waals surface area contributed by atoms with Crippen molar-refractivity contribution < 1.29 is 9.66 Å². The number of ether oxygens (including phenoxy) is 1. The number of hydrogen-bond acceptors (Lipinski definition) is 4. The molecule has 0 aromatic heterocycles. The lowest BCUT2D eigenvalue weighted by atomic mass is 10.1. The van der Waals surface area contributed by atoms with Gasteiger partial charge in [0.15, 0.2) is 0 Å². The van der Waals surface area contributed by atoms with E-state index in [2.05, 4.69) is 5.32 Å². The first-order valence-corrected chi connectivity index (χ1v) is 6.87. The van der Waals surface area contributed by atoms with Crippen LogP contribution in [0.1, 0.15) is 12.5 Å². The monoisotopic (exact) mass is 306 g/mol. The van der Waals surface area contributed by atoms with Crippen LogP contribution in [0.15, 0.2) is 42.5 Å². The molecule has 0 radical (unpaired) electrons. The third-order valence-corrected chi connectivity index (χ3v) is 3.13. The average Bonchev–Trinajstić information content (AvgIpc) is 2.47. The summed E-state index contributed by atoms with van der Waals surface area (Å²) in [5.74, 6) is 0.792. The Morgan fingerprint density at radius 3 is 2.57 bits per heavy atom. The van der Waals surface area contributed by atoms with Crippen LogP contribution >= 0.6 is 11.6 Å². The van der Waals surface area contributed by atoms with E-state index in [0.717, 1.165) is 11.4 Å². The Bertz CT molecular complexity index is 629. The van der Waals surface area contributed by atoms with Crippen molar-refractivity contribution in [1.82, 2.24) is 0 Å². The SMILES string of the molecule is CCOc1ccc(NCc2ccc(Cl)cc2[N+](=O)[O-])cc1. The molecule has 21 heavy (non-hydrogen) atoms. The quantitative estimate of drug-likeness (QED) is 0.640. The van der Waals surface area contributed by atoms with Gasteiger partial charge in [0.1, 0.15) is 5.75 Å². The van der Waals surface area contributed by atoms with Gasteiger partial charge in [0.2, 0.25) is 0 Å². The summed E-state index contributed by atoms with van der Waals surface area (Å²) in [6.07, 6.45) is 0. The van der Waals surface area contributed by atoms with E-state index in [9.17, 15) is 10.1 Å². The summed E-state index contributed by atoms with van der Waals surface area (Å²) in [4.78, 5) is 10.6. The summed E-state index contributed by atoms with van der Waals surface area (Å²) in [7, 11) is 0. The van der Waals surface area contributed by atoms with Gasteiger partial charge in [-0.1, -0.05) is 11.6 Å². The minimum Gasteiger partial charge on any atom is -0.494 e. The minimum absolute atomic E-state index is 0.0148. The van der Waals surface area contributed by atoms with E-state index in [1.54, 1.807) is 12.1 Å². The van der Waals surface area contributed by atoms with Gasteiger partial charge in [-0.25, -0.2) is 0 Å². The van der Waals surface area contributed by atoms with Gasteiger partial charge in [-0.15, -0.1) is 0 Å². The Kier molecular flexibility index (Phi) is 5.00. The molecule has 0 amide bonds. The van der Waals surface area contributed by atoms with Crippen LogP contribution in [-0.4, -0.2) is 11.5 Å². The Morgan fingerprint density at radius 2 is 1.95 bits per heavy atom. The van der Waals surface area contributed by atoms with Gasteiger partial charge >= 0.3 is 0 Å². The summed E-state index contributed by atoms with van der Waals surface area (Å²) >= 11 is 5.79. The average molecular weight is 307 g/mol. The number of nitro benzene ring substituents is 1. The summed E-state index contributed by atoms with van der Waals surface area (Å²) in [6.45, 7) is 2.89. The molecular formula is C15H15ClN2O3. The molecule has 0 fully saturated rings. The van der Waals surface area contributed by atoms with E-state index in [1.165, 1.54) is 6.07 Å². The molecule has 0 saturated carbocycles. The largest absolute Gasteiger partial charge is 0.494 e. The molecule has 2 rings (SSSR count). The molecule has 2 aromatic carbocycles. The van der Waals surface area contributed by atoms with E-state index >= 15 is 0 Å². The zero-order valence-corrected chi connectivity index (χ0v) is 12.3. The number of benzene rings is 2. The zero-order valence-electron chi connectivity index (χ0n) is 11.5. The highest BCUT2D eigenvalue weighted by Gasteiger charge is 2.13. The number of halogens is 1. The van der Waals surface area contributed by atoms with Crippen LogP contribution in [0.3, 0.4) is 0 Å². The first-order chi connectivity index (χ1) is 10.1. The summed E-state index contributed by atoms with van der Waals surface area (Å²) in [6, 6.07) is 12.1. The summed E-state index contributed by atoms with van der Waals surface area (Å²) in [5, 5.41) is 14.5. The molecule has 110 valence electrons. The number of nitrogens with zero attached hydrogens (tertiary/aromatic N) is 1. The molecule has 0 aliphatic carbocycles. The van der Waals surface area contributed by atoms with Crippen molar-refractivity contribution in [2.24, 2.45) is 0 Å². The maximum Gasteiger partial charge on any atom is 0.275 e. The van der Waals surface area contributed by atoms with Crippen LogP contribution in [0, 0.1) is 10.1 Å². The molecule has 0 saturated heterocycles. The van der Waals surface area contributed by atoms with Gasteiger partial charge in [0, 0.05) is 28.9 Å². The fraction of sp³-hybridized carbons (Fsp3) is 0.200. The first kappa shape index (κ1) is 15.1. The molecule has 1 N–H and O–H groups in total. The molecule has 2 aromatic rings. The van der Waals surface area contributed by atoms with Crippen molar-refractivity contribution in [2.45, 2.75) is 13.5 Å². The summed E-state index contributed by atoms with van der Waals surface area (Å²) < 4.78 is 5.36. The fourth-order valence-corrected chi connectivity index (χ4v) is 2.06. The normalized spacial score (nSPS) is 10.2. The molecule has 0 spiro atoms. The van der Waals surface area contributed by atoms with Crippen molar-refractivity contribution in [1.29, 1.82) is 0 Å². The lowest BCUT2D eigenvalue weighted by molar-refractivity contribution is -0.385. The van der Waals surface area contributed by atoms with Crippen molar-refractivity contribution in [2.75, 3.05) is 11.9 Å². The van der Waals surface area contributed by atoms with E-state index in [-0.39, 0.29) is 5.69 Å². The van der Waals surface area contributed by atoms with Crippen LogP contribution in [0.2, 0.25) is 5.02 Å². The molecule has 0 aliphatic rings. The topological polar surface area (TPSA) is 64.4 Å². The number of nitro groups is 1. The fourth-order valence-electron chi connectivity index (χ4n) is 1.89. The van der Waals surface area contributed by atoms with Crippen molar-refractivity contribution in [3.63, 3.8) is 0 Å². The number of anilines is 1. The number of rotatable bonds is 6. The highest BCUT2D eigenvalue weighted by molar-refractivity contribution is 6.30. The Hall–Kier alpha value is -2.27. The number of hydrogen-bond donors (Lipinski definition) is 1. The number of nitrogens with one attached hydrogen (secondary N) is 1. The smallest absolute Gasteiger partial charge is 0.275 e. The van der Waals surface area contributed by atoms with Gasteiger partial charge < -0.3 is 10.1 Å². The molecule has 6 heteroatoms. The van der Waals surface area contributed by atoms with E-state index in [0.29, 0.717) is 23.7 Å². The van der Waals surface area contributed by atoms with Gasteiger partial charge in [0.05, 0.1) is 11.5 Å². The third kappa shape index (κ3) is 4.10. The Balaban J connectivity index is 2.07. The summed E-state index contributed by atoms with van der Waals surface area (Å²) in [5.41, 5.74) is 1.46. The second kappa shape index (κ2) is 6.95. The third-order valence-electron chi connectivity index (χ3n) is 2.89. The van der Waals surface area contributed by atoms with Crippen LogP contribution in [-0.2, 0) is 6.54 Å². The molecule has 0 atom stereocenters. The Morgan fingerprint density at radius 1 is 1.24 bits per heavy atom. The van der Waals surface area contributed by atoms with Crippen molar-refractivity contribution in [3.8, 4) is 5.75 Å². The molecule has 0 aliphatic heterocycles. The van der Waals surface area contributed by atoms with Crippen molar-refractivity contribution >= 4 is 23.0 Å². The molecule has 0 bridgehead atoms. The van der Waals surface area contributed by atoms with E-state index in [1.807, 2.05) is 31.2 Å². The Labute approximate surface area is 127 Å². The second-order valence-corrected chi connectivity index (χ2v) is 4.78. The first-order valence-electron chi connectivity index (χ1n) is 6.49. The van der Waals surface area contributed by atoms with Crippen LogP contribution in [0.25, 0.3) is 0 Å². The maximum absolute atomic E-state index is 11.0. The van der Waals surface area contributed by atoms with Crippen LogP contribution < -0.4 is 10.1 Å². The minimum atomic E-state index is -0.429. The zero-order chi connectivity index (χ0) is 15.2. The molecule has 0 unspecified atom stereocenters. The van der Waals surface area contributed by atoms with Crippen LogP contribution in [0.5, 0.6) is 5.75 Å². The second-order valence-electron chi connectivity index (χ2n) is 4.34. The van der Waals surface area contributed by atoms with E-state index < -0.39 is 4.92 Å².